The normalized spacial score (nSPS) is 21.8. The first-order valence-corrected chi connectivity index (χ1v) is 9.27. The molecule has 4 rings (SSSR count). The van der Waals surface area contributed by atoms with Gasteiger partial charge in [-0.1, -0.05) is 6.42 Å². The Kier molecular flexibility index (Phi) is 4.72. The van der Waals surface area contributed by atoms with Crippen LogP contribution in [0.5, 0.6) is 0 Å². The van der Waals surface area contributed by atoms with Crippen molar-refractivity contribution in [1.82, 2.24) is 14.5 Å². The summed E-state index contributed by atoms with van der Waals surface area (Å²) in [6.07, 6.45) is 6.15. The van der Waals surface area contributed by atoms with Gasteiger partial charge in [-0.15, -0.1) is 0 Å². The predicted octanol–water partition coefficient (Wildman–Crippen LogP) is 2.90. The molecule has 0 amide bonds. The number of carboxylic acids is 1. The summed E-state index contributed by atoms with van der Waals surface area (Å²) >= 11 is 0. The van der Waals surface area contributed by atoms with Crippen LogP contribution in [-0.2, 0) is 17.8 Å². The van der Waals surface area contributed by atoms with E-state index in [1.165, 1.54) is 19.3 Å². The number of rotatable bonds is 5. The van der Waals surface area contributed by atoms with Gasteiger partial charge in [-0.05, 0) is 57.0 Å². The van der Waals surface area contributed by atoms with Crippen LogP contribution in [0.15, 0.2) is 18.2 Å². The third-order valence-electron chi connectivity index (χ3n) is 5.30. The van der Waals surface area contributed by atoms with Crippen molar-refractivity contribution in [3.05, 3.63) is 29.6 Å². The molecule has 1 atom stereocenters. The monoisotopic (exact) mass is 343 g/mol. The Morgan fingerprint density at radius 1 is 1.24 bits per heavy atom. The molecule has 0 aliphatic carbocycles. The number of aromatic carboxylic acids is 1. The third-order valence-corrected chi connectivity index (χ3v) is 5.30. The molecule has 1 aromatic carbocycles. The minimum Gasteiger partial charge on any atom is -0.478 e. The molecule has 0 spiro atoms. The molecule has 25 heavy (non-hydrogen) atoms. The van der Waals surface area contributed by atoms with Gasteiger partial charge in [0.05, 0.1) is 35.8 Å². The highest BCUT2D eigenvalue weighted by molar-refractivity contribution is 5.92. The van der Waals surface area contributed by atoms with Gasteiger partial charge < -0.3 is 14.4 Å². The number of piperidine rings is 1. The van der Waals surface area contributed by atoms with E-state index in [2.05, 4.69) is 9.47 Å². The summed E-state index contributed by atoms with van der Waals surface area (Å²) in [6, 6.07) is 5.21. The van der Waals surface area contributed by atoms with Crippen LogP contribution >= 0.6 is 0 Å². The Morgan fingerprint density at radius 2 is 2.08 bits per heavy atom. The molecule has 0 saturated carbocycles. The summed E-state index contributed by atoms with van der Waals surface area (Å²) in [7, 11) is 0. The van der Waals surface area contributed by atoms with Crippen molar-refractivity contribution >= 4 is 17.0 Å². The first-order valence-electron chi connectivity index (χ1n) is 9.27. The van der Waals surface area contributed by atoms with Crippen LogP contribution in [0.1, 0.15) is 48.3 Å². The topological polar surface area (TPSA) is 67.6 Å². The van der Waals surface area contributed by atoms with Crippen molar-refractivity contribution in [1.29, 1.82) is 0 Å². The van der Waals surface area contributed by atoms with Crippen LogP contribution in [0.25, 0.3) is 11.0 Å². The standard InChI is InChI=1S/C19H25N3O3/c23-19(24)14-6-7-16-17(11-14)22(12-15-5-4-10-25-15)18(20-16)13-21-8-2-1-3-9-21/h6-7,11,15H,1-5,8-10,12-13H2,(H,23,24). The minimum absolute atomic E-state index is 0.200. The zero-order valence-corrected chi connectivity index (χ0v) is 14.5. The molecule has 1 unspecified atom stereocenters. The van der Waals surface area contributed by atoms with Crippen molar-refractivity contribution in [2.24, 2.45) is 0 Å². The van der Waals surface area contributed by atoms with E-state index in [1.54, 1.807) is 12.1 Å². The zero-order valence-electron chi connectivity index (χ0n) is 14.5. The fourth-order valence-corrected chi connectivity index (χ4v) is 3.94. The number of carboxylic acid groups (broad SMARTS) is 1. The van der Waals surface area contributed by atoms with E-state index in [9.17, 15) is 9.90 Å². The Labute approximate surface area is 147 Å². The summed E-state index contributed by atoms with van der Waals surface area (Å²) in [5.74, 6) is 0.124. The molecule has 0 radical (unpaired) electrons. The van der Waals surface area contributed by atoms with Gasteiger partial charge in [0, 0.05) is 6.61 Å². The number of ether oxygens (including phenoxy) is 1. The highest BCUT2D eigenvalue weighted by Gasteiger charge is 2.22. The van der Waals surface area contributed by atoms with E-state index >= 15 is 0 Å². The second-order valence-corrected chi connectivity index (χ2v) is 7.12. The Hall–Kier alpha value is -1.92. The molecule has 2 fully saturated rings. The van der Waals surface area contributed by atoms with Gasteiger partial charge >= 0.3 is 5.97 Å². The molecule has 2 aliphatic heterocycles. The number of carbonyl (C=O) groups is 1. The fraction of sp³-hybridized carbons (Fsp3) is 0.579. The molecular formula is C19H25N3O3. The van der Waals surface area contributed by atoms with Gasteiger partial charge in [-0.2, -0.15) is 0 Å². The van der Waals surface area contributed by atoms with Crippen molar-refractivity contribution in [3.8, 4) is 0 Å². The number of aromatic nitrogens is 2. The number of fused-ring (bicyclic) bond motifs is 1. The summed E-state index contributed by atoms with van der Waals surface area (Å²) in [4.78, 5) is 18.6. The van der Waals surface area contributed by atoms with E-state index in [4.69, 9.17) is 9.72 Å². The van der Waals surface area contributed by atoms with E-state index < -0.39 is 5.97 Å². The Morgan fingerprint density at radius 3 is 2.80 bits per heavy atom. The summed E-state index contributed by atoms with van der Waals surface area (Å²) in [6.45, 7) is 4.62. The minimum atomic E-state index is -0.899. The molecule has 3 heterocycles. The van der Waals surface area contributed by atoms with Crippen LogP contribution < -0.4 is 0 Å². The first-order chi connectivity index (χ1) is 12.2. The van der Waals surface area contributed by atoms with Crippen LogP contribution in [0, 0.1) is 0 Å². The molecule has 1 N–H and O–H groups in total. The highest BCUT2D eigenvalue weighted by Crippen LogP contribution is 2.24. The van der Waals surface area contributed by atoms with Gasteiger partial charge in [0.1, 0.15) is 5.82 Å². The number of nitrogens with zero attached hydrogens (tertiary/aromatic N) is 3. The van der Waals surface area contributed by atoms with Crippen LogP contribution in [0.3, 0.4) is 0 Å². The van der Waals surface area contributed by atoms with E-state index in [0.717, 1.165) is 62.5 Å². The van der Waals surface area contributed by atoms with Crippen LogP contribution in [-0.4, -0.2) is 51.3 Å². The third kappa shape index (κ3) is 3.55. The zero-order chi connectivity index (χ0) is 17.2. The second kappa shape index (κ2) is 7.14. The van der Waals surface area contributed by atoms with Crippen molar-refractivity contribution < 1.29 is 14.6 Å². The van der Waals surface area contributed by atoms with Gasteiger partial charge in [0.25, 0.3) is 0 Å². The summed E-state index contributed by atoms with van der Waals surface area (Å²) < 4.78 is 8.01. The van der Waals surface area contributed by atoms with Gasteiger partial charge in [0.2, 0.25) is 0 Å². The molecule has 6 heteroatoms. The van der Waals surface area contributed by atoms with Crippen molar-refractivity contribution in [3.63, 3.8) is 0 Å². The SMILES string of the molecule is O=C(O)c1ccc2nc(CN3CCCCC3)n(CC3CCCO3)c2c1. The first kappa shape index (κ1) is 16.5. The molecule has 2 aromatic rings. The molecule has 1 aromatic heterocycles. The molecule has 2 saturated heterocycles. The predicted molar refractivity (Wildman–Crippen MR) is 94.8 cm³/mol. The molecule has 6 nitrogen and oxygen atoms in total. The van der Waals surface area contributed by atoms with E-state index in [1.807, 2.05) is 6.07 Å². The molecule has 134 valence electrons. The average molecular weight is 343 g/mol. The lowest BCUT2D eigenvalue weighted by atomic mass is 10.1. The lowest BCUT2D eigenvalue weighted by Gasteiger charge is -2.26. The maximum Gasteiger partial charge on any atom is 0.335 e. The number of hydrogen-bond acceptors (Lipinski definition) is 4. The largest absolute Gasteiger partial charge is 0.478 e. The van der Waals surface area contributed by atoms with E-state index in [-0.39, 0.29) is 6.10 Å². The quantitative estimate of drug-likeness (QED) is 0.904. The van der Waals surface area contributed by atoms with Gasteiger partial charge in [0.15, 0.2) is 0 Å². The smallest absolute Gasteiger partial charge is 0.335 e. The number of benzene rings is 1. The molecular weight excluding hydrogens is 318 g/mol. The lowest BCUT2D eigenvalue weighted by Crippen LogP contribution is -2.31. The Bertz CT molecular complexity index is 759. The summed E-state index contributed by atoms with van der Waals surface area (Å²) in [5.41, 5.74) is 2.09. The van der Waals surface area contributed by atoms with Gasteiger partial charge in [-0.25, -0.2) is 9.78 Å². The van der Waals surface area contributed by atoms with Crippen LogP contribution in [0.2, 0.25) is 0 Å². The fourth-order valence-electron chi connectivity index (χ4n) is 3.94. The maximum atomic E-state index is 11.4. The number of imidazole rings is 1. The molecule has 2 aliphatic rings. The number of hydrogen-bond donors (Lipinski definition) is 1. The summed E-state index contributed by atoms with van der Waals surface area (Å²) in [5, 5.41) is 9.32. The average Bonchev–Trinajstić information content (AvgIpc) is 3.24. The van der Waals surface area contributed by atoms with Crippen LogP contribution in [0.4, 0.5) is 0 Å². The van der Waals surface area contributed by atoms with Crippen molar-refractivity contribution in [2.75, 3.05) is 19.7 Å². The van der Waals surface area contributed by atoms with Gasteiger partial charge in [-0.3, -0.25) is 4.90 Å². The molecule has 0 bridgehead atoms. The highest BCUT2D eigenvalue weighted by atomic mass is 16.5. The van der Waals surface area contributed by atoms with Crippen molar-refractivity contribution in [2.45, 2.75) is 51.3 Å². The maximum absolute atomic E-state index is 11.4. The number of likely N-dealkylation sites (tertiary alicyclic amines) is 1. The lowest BCUT2D eigenvalue weighted by molar-refractivity contribution is 0.0697. The Balaban J connectivity index is 1.69. The second-order valence-electron chi connectivity index (χ2n) is 7.12. The van der Waals surface area contributed by atoms with E-state index in [0.29, 0.717) is 5.56 Å².